The van der Waals surface area contributed by atoms with Crippen molar-refractivity contribution in [2.45, 2.75) is 39.8 Å². The molecule has 3 rings (SSSR count). The number of amides is 1. The van der Waals surface area contributed by atoms with E-state index in [9.17, 15) is 4.79 Å². The normalized spacial score (nSPS) is 11.8. The highest BCUT2D eigenvalue weighted by Crippen LogP contribution is 2.31. The lowest BCUT2D eigenvalue weighted by Crippen LogP contribution is -2.28. The van der Waals surface area contributed by atoms with Crippen molar-refractivity contribution in [3.63, 3.8) is 0 Å². The molecule has 0 aliphatic rings. The summed E-state index contributed by atoms with van der Waals surface area (Å²) in [6.45, 7) is 6.75. The zero-order valence-electron chi connectivity index (χ0n) is 18.2. The van der Waals surface area contributed by atoms with E-state index in [2.05, 4.69) is 16.5 Å². The fourth-order valence-electron chi connectivity index (χ4n) is 3.50. The molecule has 0 spiro atoms. The van der Waals surface area contributed by atoms with Gasteiger partial charge < -0.3 is 14.8 Å². The van der Waals surface area contributed by atoms with Crippen LogP contribution in [0.2, 0.25) is 0 Å². The molecule has 0 fully saturated rings. The van der Waals surface area contributed by atoms with Crippen molar-refractivity contribution in [2.75, 3.05) is 14.2 Å². The second-order valence-corrected chi connectivity index (χ2v) is 7.33. The number of benzene rings is 2. The van der Waals surface area contributed by atoms with Crippen LogP contribution in [0.15, 0.2) is 48.5 Å². The molecule has 0 aliphatic heterocycles. The first-order valence-electron chi connectivity index (χ1n) is 10.1. The lowest BCUT2D eigenvalue weighted by molar-refractivity contribution is 0.0935. The van der Waals surface area contributed by atoms with Crippen LogP contribution >= 0.6 is 0 Å². The van der Waals surface area contributed by atoms with Gasteiger partial charge in [-0.25, -0.2) is 0 Å². The third kappa shape index (κ3) is 4.82. The summed E-state index contributed by atoms with van der Waals surface area (Å²) in [7, 11) is 3.21. The minimum atomic E-state index is -0.119. The molecular weight excluding hydrogens is 378 g/mol. The van der Waals surface area contributed by atoms with Gasteiger partial charge in [0.25, 0.3) is 5.91 Å². The molecule has 1 amide bonds. The molecule has 0 aliphatic carbocycles. The first-order valence-corrected chi connectivity index (χ1v) is 10.1. The number of hydrogen-bond donors (Lipinski definition) is 1. The van der Waals surface area contributed by atoms with Gasteiger partial charge in [-0.3, -0.25) is 9.48 Å². The molecule has 1 N–H and O–H groups in total. The summed E-state index contributed by atoms with van der Waals surface area (Å²) < 4.78 is 12.7. The van der Waals surface area contributed by atoms with Crippen LogP contribution in [0, 0.1) is 13.8 Å². The maximum atomic E-state index is 12.8. The van der Waals surface area contributed by atoms with Crippen molar-refractivity contribution in [1.29, 1.82) is 0 Å². The molecule has 0 saturated heterocycles. The van der Waals surface area contributed by atoms with Crippen LogP contribution in [0.3, 0.4) is 0 Å². The molecule has 30 heavy (non-hydrogen) atoms. The molecule has 6 heteroatoms. The number of carbonyl (C=O) groups excluding carboxylic acids is 1. The van der Waals surface area contributed by atoms with Gasteiger partial charge in [-0.15, -0.1) is 0 Å². The Bertz CT molecular complexity index is 1010. The number of nitrogens with zero attached hydrogens (tertiary/aromatic N) is 2. The molecule has 1 aromatic heterocycles. The number of rotatable bonds is 8. The zero-order chi connectivity index (χ0) is 21.7. The van der Waals surface area contributed by atoms with E-state index in [1.54, 1.807) is 14.2 Å². The van der Waals surface area contributed by atoms with E-state index in [-0.39, 0.29) is 11.9 Å². The standard InChI is InChI=1S/C24H29N3O3/c1-6-21(20-11-12-22(29-4)23(14-20)30-5)25-24(28)19-9-7-18(8-10-19)15-27-17(3)13-16(2)26-27/h7-14,21H,6,15H2,1-5H3,(H,25,28)/t21-/m1/s1. The maximum Gasteiger partial charge on any atom is 0.251 e. The first kappa shape index (κ1) is 21.4. The average molecular weight is 408 g/mol. The predicted octanol–water partition coefficient (Wildman–Crippen LogP) is 4.45. The van der Waals surface area contributed by atoms with Gasteiger partial charge in [0.1, 0.15) is 0 Å². The Kier molecular flexibility index (Phi) is 6.77. The molecule has 0 unspecified atom stereocenters. The number of nitrogens with one attached hydrogen (secondary N) is 1. The number of methoxy groups -OCH3 is 2. The van der Waals surface area contributed by atoms with Gasteiger partial charge in [0, 0.05) is 11.3 Å². The summed E-state index contributed by atoms with van der Waals surface area (Å²) in [5.74, 6) is 1.21. The smallest absolute Gasteiger partial charge is 0.251 e. The van der Waals surface area contributed by atoms with Gasteiger partial charge in [0.2, 0.25) is 0 Å². The topological polar surface area (TPSA) is 65.4 Å². The van der Waals surface area contributed by atoms with E-state index in [0.717, 1.165) is 28.9 Å². The number of carbonyl (C=O) groups is 1. The van der Waals surface area contributed by atoms with E-state index in [0.29, 0.717) is 23.6 Å². The molecule has 0 saturated carbocycles. The average Bonchev–Trinajstić information content (AvgIpc) is 3.08. The molecule has 0 bridgehead atoms. The lowest BCUT2D eigenvalue weighted by atomic mass is 10.0. The Balaban J connectivity index is 1.70. The first-order chi connectivity index (χ1) is 14.4. The fourth-order valence-corrected chi connectivity index (χ4v) is 3.50. The second-order valence-electron chi connectivity index (χ2n) is 7.33. The van der Waals surface area contributed by atoms with Gasteiger partial charge >= 0.3 is 0 Å². The minimum absolute atomic E-state index is 0.103. The van der Waals surface area contributed by atoms with Crippen molar-refractivity contribution in [3.05, 3.63) is 76.6 Å². The molecule has 1 heterocycles. The van der Waals surface area contributed by atoms with Gasteiger partial charge in [-0.05, 0) is 61.7 Å². The van der Waals surface area contributed by atoms with E-state index < -0.39 is 0 Å². The summed E-state index contributed by atoms with van der Waals surface area (Å²) in [6.07, 6.45) is 0.761. The lowest BCUT2D eigenvalue weighted by Gasteiger charge is -2.19. The third-order valence-electron chi connectivity index (χ3n) is 5.18. The van der Waals surface area contributed by atoms with Crippen LogP contribution < -0.4 is 14.8 Å². The number of aromatic nitrogens is 2. The molecular formula is C24H29N3O3. The molecule has 0 radical (unpaired) electrons. The molecule has 3 aromatic rings. The monoisotopic (exact) mass is 407 g/mol. The molecule has 158 valence electrons. The maximum absolute atomic E-state index is 12.8. The SMILES string of the molecule is CC[C@@H](NC(=O)c1ccc(Cn2nc(C)cc2C)cc1)c1ccc(OC)c(OC)c1. The Morgan fingerprint density at radius 3 is 2.30 bits per heavy atom. The highest BCUT2D eigenvalue weighted by Gasteiger charge is 2.16. The molecule has 2 aromatic carbocycles. The minimum Gasteiger partial charge on any atom is -0.493 e. The molecule has 1 atom stereocenters. The van der Waals surface area contributed by atoms with Crippen molar-refractivity contribution in [2.24, 2.45) is 0 Å². The number of ether oxygens (including phenoxy) is 2. The van der Waals surface area contributed by atoms with Crippen LogP contribution in [0.4, 0.5) is 0 Å². The van der Waals surface area contributed by atoms with Crippen LogP contribution in [0.5, 0.6) is 11.5 Å². The number of aryl methyl sites for hydroxylation is 2. The van der Waals surface area contributed by atoms with Crippen molar-refractivity contribution in [1.82, 2.24) is 15.1 Å². The van der Waals surface area contributed by atoms with Gasteiger partial charge in [0.15, 0.2) is 11.5 Å². The predicted molar refractivity (Wildman–Crippen MR) is 117 cm³/mol. The second kappa shape index (κ2) is 9.48. The summed E-state index contributed by atoms with van der Waals surface area (Å²) >= 11 is 0. The van der Waals surface area contributed by atoms with Crippen molar-refractivity contribution >= 4 is 5.91 Å². The van der Waals surface area contributed by atoms with Crippen LogP contribution in [0.1, 0.15) is 52.3 Å². The van der Waals surface area contributed by atoms with Crippen LogP contribution in [-0.2, 0) is 6.54 Å². The largest absolute Gasteiger partial charge is 0.493 e. The summed E-state index contributed by atoms with van der Waals surface area (Å²) in [4.78, 5) is 12.8. The Morgan fingerprint density at radius 2 is 1.73 bits per heavy atom. The van der Waals surface area contributed by atoms with Gasteiger partial charge in [-0.2, -0.15) is 5.10 Å². The highest BCUT2D eigenvalue weighted by molar-refractivity contribution is 5.94. The van der Waals surface area contributed by atoms with E-state index in [1.807, 2.05) is 67.9 Å². The molecule has 6 nitrogen and oxygen atoms in total. The Morgan fingerprint density at radius 1 is 1.03 bits per heavy atom. The third-order valence-corrected chi connectivity index (χ3v) is 5.18. The summed E-state index contributed by atoms with van der Waals surface area (Å²) in [6, 6.07) is 15.3. The van der Waals surface area contributed by atoms with Crippen LogP contribution in [-0.4, -0.2) is 29.9 Å². The van der Waals surface area contributed by atoms with Crippen molar-refractivity contribution < 1.29 is 14.3 Å². The van der Waals surface area contributed by atoms with E-state index in [1.165, 1.54) is 0 Å². The number of hydrogen-bond acceptors (Lipinski definition) is 4. The highest BCUT2D eigenvalue weighted by atomic mass is 16.5. The van der Waals surface area contributed by atoms with Crippen LogP contribution in [0.25, 0.3) is 0 Å². The summed E-state index contributed by atoms with van der Waals surface area (Å²) in [5.41, 5.74) is 4.83. The Hall–Kier alpha value is -3.28. The van der Waals surface area contributed by atoms with Gasteiger partial charge in [-0.1, -0.05) is 25.1 Å². The van der Waals surface area contributed by atoms with Gasteiger partial charge in [0.05, 0.1) is 32.5 Å². The zero-order valence-corrected chi connectivity index (χ0v) is 18.2. The quantitative estimate of drug-likeness (QED) is 0.599. The fraction of sp³-hybridized carbons (Fsp3) is 0.333. The Labute approximate surface area is 177 Å². The van der Waals surface area contributed by atoms with E-state index in [4.69, 9.17) is 9.47 Å². The van der Waals surface area contributed by atoms with E-state index >= 15 is 0 Å². The summed E-state index contributed by atoms with van der Waals surface area (Å²) in [5, 5.41) is 7.61. The van der Waals surface area contributed by atoms with Crippen molar-refractivity contribution in [3.8, 4) is 11.5 Å².